The molecule has 0 aromatic rings. The molecule has 0 aromatic carbocycles. The van der Waals surface area contributed by atoms with Crippen LogP contribution in [-0.4, -0.2) is 21.7 Å². The second kappa shape index (κ2) is 3.59. The van der Waals surface area contributed by atoms with Crippen LogP contribution in [0, 0.1) is 0 Å². The maximum absolute atomic E-state index is 9.28. The Morgan fingerprint density at radius 3 is 2.25 bits per heavy atom. The van der Waals surface area contributed by atoms with E-state index >= 15 is 0 Å². The third-order valence-corrected chi connectivity index (χ3v) is 5.11. The molecule has 0 heterocycles. The van der Waals surface area contributed by atoms with Gasteiger partial charge in [0.2, 0.25) is 0 Å². The second-order valence-corrected chi connectivity index (χ2v) is 5.99. The van der Waals surface area contributed by atoms with Gasteiger partial charge in [-0.2, -0.15) is 0 Å². The van der Waals surface area contributed by atoms with Crippen LogP contribution >= 0.6 is 11.8 Å². The average molecular weight is 186 g/mol. The van der Waals surface area contributed by atoms with Crippen LogP contribution in [0.5, 0.6) is 0 Å². The molecular weight excluding hydrogens is 168 g/mol. The van der Waals surface area contributed by atoms with E-state index in [1.807, 2.05) is 0 Å². The summed E-state index contributed by atoms with van der Waals surface area (Å²) in [6, 6.07) is 0. The first-order valence-electron chi connectivity index (χ1n) is 5.13. The molecule has 2 fully saturated rings. The fourth-order valence-electron chi connectivity index (χ4n) is 2.24. The smallest absolute Gasteiger partial charge is 0.0578 e. The molecule has 0 atom stereocenters. The summed E-state index contributed by atoms with van der Waals surface area (Å²) in [4.78, 5) is 0. The first-order valence-corrected chi connectivity index (χ1v) is 6.01. The molecule has 0 radical (unpaired) electrons. The molecule has 2 aliphatic carbocycles. The van der Waals surface area contributed by atoms with Crippen molar-refractivity contribution in [3.63, 3.8) is 0 Å². The molecule has 0 saturated heterocycles. The molecule has 2 aliphatic rings. The van der Waals surface area contributed by atoms with Crippen molar-refractivity contribution in [2.24, 2.45) is 0 Å². The molecule has 2 rings (SSSR count). The van der Waals surface area contributed by atoms with Gasteiger partial charge in [-0.15, -0.1) is 11.8 Å². The van der Waals surface area contributed by atoms with Crippen molar-refractivity contribution in [1.82, 2.24) is 0 Å². The molecule has 0 aromatic heterocycles. The van der Waals surface area contributed by atoms with Crippen molar-refractivity contribution >= 4 is 11.8 Å². The molecule has 0 spiro atoms. The first-order chi connectivity index (χ1) is 5.85. The zero-order chi connectivity index (χ0) is 8.44. The number of aliphatic hydroxyl groups excluding tert-OH is 1. The Morgan fingerprint density at radius 2 is 1.83 bits per heavy atom. The number of hydrogen-bond donors (Lipinski definition) is 1. The van der Waals surface area contributed by atoms with Gasteiger partial charge in [-0.05, 0) is 25.7 Å². The van der Waals surface area contributed by atoms with Crippen LogP contribution in [0.15, 0.2) is 0 Å². The summed E-state index contributed by atoms with van der Waals surface area (Å²) in [5, 5.41) is 10.1. The van der Waals surface area contributed by atoms with Crippen LogP contribution in [0.1, 0.15) is 44.9 Å². The molecule has 0 amide bonds. The Balaban J connectivity index is 1.83. The van der Waals surface area contributed by atoms with E-state index in [2.05, 4.69) is 11.8 Å². The van der Waals surface area contributed by atoms with Crippen molar-refractivity contribution in [2.75, 3.05) is 6.61 Å². The minimum absolute atomic E-state index is 0.301. The standard InChI is InChI=1S/C10H18OS/c11-8-10(6-3-7-10)12-9-4-1-2-5-9/h9,11H,1-8H2. The summed E-state index contributed by atoms with van der Waals surface area (Å²) in [5.41, 5.74) is 0. The zero-order valence-corrected chi connectivity index (χ0v) is 8.41. The summed E-state index contributed by atoms with van der Waals surface area (Å²) < 4.78 is 0.301. The van der Waals surface area contributed by atoms with E-state index in [1.54, 1.807) is 0 Å². The summed E-state index contributed by atoms with van der Waals surface area (Å²) >= 11 is 2.09. The highest BCUT2D eigenvalue weighted by Crippen LogP contribution is 2.48. The third-order valence-electron chi connectivity index (χ3n) is 3.27. The zero-order valence-electron chi connectivity index (χ0n) is 7.59. The number of aliphatic hydroxyl groups is 1. The van der Waals surface area contributed by atoms with Gasteiger partial charge in [0.05, 0.1) is 6.61 Å². The lowest BCUT2D eigenvalue weighted by Gasteiger charge is -2.41. The fourth-order valence-corrected chi connectivity index (χ4v) is 4.12. The van der Waals surface area contributed by atoms with Crippen LogP contribution in [0.3, 0.4) is 0 Å². The Kier molecular flexibility index (Phi) is 2.66. The van der Waals surface area contributed by atoms with E-state index < -0.39 is 0 Å². The summed E-state index contributed by atoms with van der Waals surface area (Å²) in [7, 11) is 0. The molecule has 2 saturated carbocycles. The number of thioether (sulfide) groups is 1. The van der Waals surface area contributed by atoms with Gasteiger partial charge in [-0.3, -0.25) is 0 Å². The Bertz CT molecular complexity index is 142. The van der Waals surface area contributed by atoms with E-state index in [9.17, 15) is 5.11 Å². The number of rotatable bonds is 3. The van der Waals surface area contributed by atoms with E-state index in [1.165, 1.54) is 44.9 Å². The van der Waals surface area contributed by atoms with Crippen LogP contribution < -0.4 is 0 Å². The molecule has 12 heavy (non-hydrogen) atoms. The highest BCUT2D eigenvalue weighted by Gasteiger charge is 2.39. The highest BCUT2D eigenvalue weighted by atomic mass is 32.2. The van der Waals surface area contributed by atoms with E-state index in [0.29, 0.717) is 11.4 Å². The molecule has 0 bridgehead atoms. The second-order valence-electron chi connectivity index (χ2n) is 4.22. The summed E-state index contributed by atoms with van der Waals surface area (Å²) in [5.74, 6) is 0. The van der Waals surface area contributed by atoms with Crippen molar-refractivity contribution in [1.29, 1.82) is 0 Å². The normalized spacial score (nSPS) is 28.8. The molecular formula is C10H18OS. The Morgan fingerprint density at radius 1 is 1.17 bits per heavy atom. The monoisotopic (exact) mass is 186 g/mol. The molecule has 0 unspecified atom stereocenters. The summed E-state index contributed by atoms with van der Waals surface area (Å²) in [6.45, 7) is 0.411. The molecule has 0 aliphatic heterocycles. The molecule has 1 N–H and O–H groups in total. The van der Waals surface area contributed by atoms with Gasteiger partial charge in [0.15, 0.2) is 0 Å². The third kappa shape index (κ3) is 1.64. The Labute approximate surface area is 78.9 Å². The minimum atomic E-state index is 0.301. The molecule has 70 valence electrons. The lowest BCUT2D eigenvalue weighted by Crippen LogP contribution is -2.38. The quantitative estimate of drug-likeness (QED) is 0.731. The van der Waals surface area contributed by atoms with E-state index in [4.69, 9.17) is 0 Å². The van der Waals surface area contributed by atoms with Crippen LogP contribution in [0.4, 0.5) is 0 Å². The maximum atomic E-state index is 9.28. The van der Waals surface area contributed by atoms with Crippen molar-refractivity contribution in [3.8, 4) is 0 Å². The van der Waals surface area contributed by atoms with Gasteiger partial charge in [0.25, 0.3) is 0 Å². The van der Waals surface area contributed by atoms with Gasteiger partial charge in [-0.1, -0.05) is 19.3 Å². The first kappa shape index (κ1) is 8.89. The van der Waals surface area contributed by atoms with Gasteiger partial charge < -0.3 is 5.11 Å². The van der Waals surface area contributed by atoms with Crippen molar-refractivity contribution in [2.45, 2.75) is 54.9 Å². The number of hydrogen-bond acceptors (Lipinski definition) is 2. The maximum Gasteiger partial charge on any atom is 0.0578 e. The largest absolute Gasteiger partial charge is 0.395 e. The van der Waals surface area contributed by atoms with Crippen LogP contribution in [-0.2, 0) is 0 Å². The topological polar surface area (TPSA) is 20.2 Å². The van der Waals surface area contributed by atoms with Crippen LogP contribution in [0.2, 0.25) is 0 Å². The van der Waals surface area contributed by atoms with Gasteiger partial charge in [-0.25, -0.2) is 0 Å². The van der Waals surface area contributed by atoms with Crippen molar-refractivity contribution in [3.05, 3.63) is 0 Å². The lowest BCUT2D eigenvalue weighted by atomic mass is 9.85. The SMILES string of the molecule is OCC1(SC2CCCC2)CCC1. The van der Waals surface area contributed by atoms with Gasteiger partial charge >= 0.3 is 0 Å². The molecule has 1 nitrogen and oxygen atoms in total. The predicted octanol–water partition coefficient (Wildman–Crippen LogP) is 2.58. The van der Waals surface area contributed by atoms with Gasteiger partial charge in [0, 0.05) is 10.00 Å². The van der Waals surface area contributed by atoms with Crippen LogP contribution in [0.25, 0.3) is 0 Å². The van der Waals surface area contributed by atoms with E-state index in [-0.39, 0.29) is 0 Å². The lowest BCUT2D eigenvalue weighted by molar-refractivity contribution is 0.190. The van der Waals surface area contributed by atoms with Gasteiger partial charge in [0.1, 0.15) is 0 Å². The Hall–Kier alpha value is 0.310. The fraction of sp³-hybridized carbons (Fsp3) is 1.00. The average Bonchev–Trinajstić information content (AvgIpc) is 2.49. The molecule has 2 heteroatoms. The van der Waals surface area contributed by atoms with Crippen molar-refractivity contribution < 1.29 is 5.11 Å². The summed E-state index contributed by atoms with van der Waals surface area (Å²) in [6.07, 6.45) is 9.47. The predicted molar refractivity (Wildman–Crippen MR) is 53.5 cm³/mol. The highest BCUT2D eigenvalue weighted by molar-refractivity contribution is 8.01. The minimum Gasteiger partial charge on any atom is -0.395 e. The van der Waals surface area contributed by atoms with E-state index in [0.717, 1.165) is 5.25 Å².